The summed E-state index contributed by atoms with van der Waals surface area (Å²) in [5.41, 5.74) is 0. The Balaban J connectivity index is 2.73. The van der Waals surface area contributed by atoms with Crippen molar-refractivity contribution in [3.05, 3.63) is 42.4 Å². The Morgan fingerprint density at radius 1 is 1.38 bits per heavy atom. The highest BCUT2D eigenvalue weighted by Crippen LogP contribution is 2.26. The minimum absolute atomic E-state index is 0.0722. The quantitative estimate of drug-likeness (QED) is 0.740. The van der Waals surface area contributed by atoms with Crippen molar-refractivity contribution in [3.8, 4) is 5.75 Å². The molecule has 0 saturated carbocycles. The maximum atomic E-state index is 12.3. The average Bonchev–Trinajstić information content (AvgIpc) is 2.24. The van der Waals surface area contributed by atoms with Gasteiger partial charge in [-0.15, -0.1) is 0 Å². The Bertz CT molecular complexity index is 344. The number of ether oxygens (including phenoxy) is 2. The van der Waals surface area contributed by atoms with Crippen molar-refractivity contribution >= 4 is 0 Å². The molecule has 0 bridgehead atoms. The van der Waals surface area contributed by atoms with E-state index in [0.29, 0.717) is 12.0 Å². The van der Waals surface area contributed by atoms with Crippen molar-refractivity contribution in [2.75, 3.05) is 6.61 Å². The molecule has 0 spiro atoms. The first kappa shape index (κ1) is 12.4. The molecule has 5 heteroatoms. The van der Waals surface area contributed by atoms with E-state index in [1.807, 2.05) is 0 Å². The third-order valence-corrected chi connectivity index (χ3v) is 1.57. The fourth-order valence-electron chi connectivity index (χ4n) is 0.910. The second-order valence-corrected chi connectivity index (χ2v) is 2.77. The van der Waals surface area contributed by atoms with E-state index >= 15 is 0 Å². The van der Waals surface area contributed by atoms with Crippen molar-refractivity contribution in [2.45, 2.75) is 13.1 Å². The van der Waals surface area contributed by atoms with E-state index in [0.717, 1.165) is 0 Å². The molecule has 0 aliphatic carbocycles. The number of allylic oxidation sites excluding steroid dienone is 1. The SMILES string of the molecule is CCOC(=COc1cc[c]cc1)C(F)(F)F. The fraction of sp³-hybridized carbons (Fsp3) is 0.273. The summed E-state index contributed by atoms with van der Waals surface area (Å²) in [5.74, 6) is -0.858. The molecule has 0 saturated heterocycles. The van der Waals surface area contributed by atoms with Gasteiger partial charge in [0.2, 0.25) is 5.76 Å². The highest BCUT2D eigenvalue weighted by atomic mass is 19.4. The van der Waals surface area contributed by atoms with Gasteiger partial charge in [0, 0.05) is 0 Å². The van der Waals surface area contributed by atoms with Crippen molar-refractivity contribution < 1.29 is 22.6 Å². The second-order valence-electron chi connectivity index (χ2n) is 2.77. The predicted molar refractivity (Wildman–Crippen MR) is 51.7 cm³/mol. The van der Waals surface area contributed by atoms with Crippen LogP contribution in [0.5, 0.6) is 5.75 Å². The number of hydrogen-bond donors (Lipinski definition) is 0. The van der Waals surface area contributed by atoms with Gasteiger partial charge in [0.25, 0.3) is 0 Å². The molecule has 0 aliphatic heterocycles. The highest BCUT2D eigenvalue weighted by Gasteiger charge is 2.36. The van der Waals surface area contributed by atoms with Crippen LogP contribution in [0.25, 0.3) is 0 Å². The summed E-state index contributed by atoms with van der Waals surface area (Å²) in [6.07, 6.45) is -3.99. The van der Waals surface area contributed by atoms with Crippen LogP contribution in [0, 0.1) is 6.07 Å². The van der Waals surface area contributed by atoms with Gasteiger partial charge in [0.1, 0.15) is 12.0 Å². The van der Waals surface area contributed by atoms with Crippen LogP contribution in [0.4, 0.5) is 13.2 Å². The van der Waals surface area contributed by atoms with Crippen LogP contribution in [-0.2, 0) is 4.74 Å². The van der Waals surface area contributed by atoms with E-state index in [4.69, 9.17) is 4.74 Å². The first-order chi connectivity index (χ1) is 7.54. The highest BCUT2D eigenvalue weighted by molar-refractivity contribution is 5.21. The molecule has 0 aromatic heterocycles. The summed E-state index contributed by atoms with van der Waals surface area (Å²) in [5, 5.41) is 0. The standard InChI is InChI=1S/C11H10F3O2/c1-2-15-10(11(12,13)14)8-16-9-6-4-3-5-7-9/h4-8H,2H2,1H3. The van der Waals surface area contributed by atoms with Crippen LogP contribution in [-0.4, -0.2) is 12.8 Å². The van der Waals surface area contributed by atoms with Crippen LogP contribution in [0.3, 0.4) is 0 Å². The number of rotatable bonds is 4. The van der Waals surface area contributed by atoms with E-state index < -0.39 is 11.9 Å². The largest absolute Gasteiger partial charge is 0.487 e. The molecule has 1 aromatic carbocycles. The lowest BCUT2D eigenvalue weighted by molar-refractivity contribution is -0.132. The molecule has 1 rings (SSSR count). The topological polar surface area (TPSA) is 18.5 Å². The summed E-state index contributed by atoms with van der Waals surface area (Å²) >= 11 is 0. The lowest BCUT2D eigenvalue weighted by Gasteiger charge is -2.11. The Hall–Kier alpha value is -1.65. The third kappa shape index (κ3) is 3.84. The molecule has 0 atom stereocenters. The van der Waals surface area contributed by atoms with E-state index in [9.17, 15) is 13.2 Å². The minimum Gasteiger partial charge on any atom is -0.487 e. The molecule has 1 radical (unpaired) electrons. The molecule has 0 fully saturated rings. The summed E-state index contributed by atoms with van der Waals surface area (Å²) in [4.78, 5) is 0. The molecular weight excluding hydrogens is 221 g/mol. The third-order valence-electron chi connectivity index (χ3n) is 1.57. The zero-order chi connectivity index (χ0) is 12.0. The first-order valence-electron chi connectivity index (χ1n) is 4.57. The summed E-state index contributed by atoms with van der Waals surface area (Å²) < 4.78 is 46.2. The van der Waals surface area contributed by atoms with Gasteiger partial charge in [-0.2, -0.15) is 13.2 Å². The lowest BCUT2D eigenvalue weighted by Crippen LogP contribution is -2.15. The summed E-state index contributed by atoms with van der Waals surface area (Å²) in [7, 11) is 0. The Morgan fingerprint density at radius 2 is 2.00 bits per heavy atom. The molecule has 0 aliphatic rings. The van der Waals surface area contributed by atoms with E-state index in [-0.39, 0.29) is 6.61 Å². The average molecular weight is 231 g/mol. The maximum Gasteiger partial charge on any atom is 0.452 e. The molecule has 87 valence electrons. The molecule has 0 N–H and O–H groups in total. The van der Waals surface area contributed by atoms with Gasteiger partial charge in [0.05, 0.1) is 6.61 Å². The van der Waals surface area contributed by atoms with Gasteiger partial charge < -0.3 is 9.47 Å². The molecule has 16 heavy (non-hydrogen) atoms. The van der Waals surface area contributed by atoms with Gasteiger partial charge in [-0.1, -0.05) is 12.1 Å². The second kappa shape index (κ2) is 5.44. The minimum atomic E-state index is -4.54. The van der Waals surface area contributed by atoms with E-state index in [1.165, 1.54) is 31.2 Å². The maximum absolute atomic E-state index is 12.3. The van der Waals surface area contributed by atoms with Crippen molar-refractivity contribution in [2.24, 2.45) is 0 Å². The van der Waals surface area contributed by atoms with Gasteiger partial charge >= 0.3 is 6.18 Å². The summed E-state index contributed by atoms with van der Waals surface area (Å²) in [6.45, 7) is 1.40. The molecule has 0 amide bonds. The molecular formula is C11H10F3O2. The van der Waals surface area contributed by atoms with E-state index in [1.54, 1.807) is 0 Å². The van der Waals surface area contributed by atoms with Gasteiger partial charge in [-0.3, -0.25) is 0 Å². The fourth-order valence-corrected chi connectivity index (χ4v) is 0.910. The predicted octanol–water partition coefficient (Wildman–Crippen LogP) is 3.31. The number of hydrogen-bond acceptors (Lipinski definition) is 2. The lowest BCUT2D eigenvalue weighted by atomic mass is 10.3. The van der Waals surface area contributed by atoms with Crippen LogP contribution < -0.4 is 4.74 Å². The molecule has 0 unspecified atom stereocenters. The van der Waals surface area contributed by atoms with Crippen LogP contribution in [0.2, 0.25) is 0 Å². The van der Waals surface area contributed by atoms with Crippen molar-refractivity contribution in [1.82, 2.24) is 0 Å². The normalized spacial score (nSPS) is 12.4. The van der Waals surface area contributed by atoms with Crippen LogP contribution >= 0.6 is 0 Å². The van der Waals surface area contributed by atoms with Gasteiger partial charge in [-0.25, -0.2) is 0 Å². The number of halogens is 3. The van der Waals surface area contributed by atoms with Gasteiger partial charge in [0.15, 0.2) is 0 Å². The smallest absolute Gasteiger partial charge is 0.452 e. The Labute approximate surface area is 91.3 Å². The van der Waals surface area contributed by atoms with Crippen LogP contribution in [0.1, 0.15) is 6.92 Å². The van der Waals surface area contributed by atoms with E-state index in [2.05, 4.69) is 10.8 Å². The van der Waals surface area contributed by atoms with Crippen molar-refractivity contribution in [1.29, 1.82) is 0 Å². The summed E-state index contributed by atoms with van der Waals surface area (Å²) in [6, 6.07) is 8.79. The zero-order valence-electron chi connectivity index (χ0n) is 8.54. The van der Waals surface area contributed by atoms with Gasteiger partial charge in [-0.05, 0) is 25.1 Å². The first-order valence-corrected chi connectivity index (χ1v) is 4.57. The van der Waals surface area contributed by atoms with Crippen molar-refractivity contribution in [3.63, 3.8) is 0 Å². The molecule has 1 aromatic rings. The molecule has 0 heterocycles. The molecule has 2 nitrogen and oxygen atoms in total. The monoisotopic (exact) mass is 231 g/mol. The number of alkyl halides is 3. The zero-order valence-corrected chi connectivity index (χ0v) is 8.54. The number of benzene rings is 1. The Morgan fingerprint density at radius 3 is 2.50 bits per heavy atom. The van der Waals surface area contributed by atoms with Crippen LogP contribution in [0.15, 0.2) is 36.3 Å². The Kier molecular flexibility index (Phi) is 4.22.